The van der Waals surface area contributed by atoms with Gasteiger partial charge in [-0.05, 0) is 50.1 Å². The molecule has 10 heteroatoms. The Bertz CT molecular complexity index is 1520. The van der Waals surface area contributed by atoms with Crippen LogP contribution in [-0.4, -0.2) is 47.6 Å². The number of rotatable bonds is 12. The van der Waals surface area contributed by atoms with Crippen molar-refractivity contribution in [3.8, 4) is 11.5 Å². The number of aliphatic hydroxyl groups excluding tert-OH is 1. The van der Waals surface area contributed by atoms with Gasteiger partial charge in [0.25, 0.3) is 5.91 Å². The number of thiazole rings is 1. The lowest BCUT2D eigenvalue weighted by Gasteiger charge is -2.25. The Morgan fingerprint density at radius 3 is 2.49 bits per heavy atom. The van der Waals surface area contributed by atoms with Crippen LogP contribution in [0.1, 0.15) is 46.4 Å². The highest BCUT2D eigenvalue weighted by molar-refractivity contribution is 7.17. The van der Waals surface area contributed by atoms with Crippen LogP contribution >= 0.6 is 11.3 Å². The summed E-state index contributed by atoms with van der Waals surface area (Å²) in [6.07, 6.45) is 4.37. The first-order chi connectivity index (χ1) is 19.8. The summed E-state index contributed by atoms with van der Waals surface area (Å²) < 4.78 is 16.6. The summed E-state index contributed by atoms with van der Waals surface area (Å²) in [5, 5.41) is 11.2. The summed E-state index contributed by atoms with van der Waals surface area (Å²) in [6.45, 7) is 9.61. The average molecular weight is 575 g/mol. The van der Waals surface area contributed by atoms with Crippen LogP contribution in [0.5, 0.6) is 11.5 Å². The highest BCUT2D eigenvalue weighted by Gasteiger charge is 2.45. The van der Waals surface area contributed by atoms with Crippen LogP contribution in [0, 0.1) is 6.92 Å². The van der Waals surface area contributed by atoms with E-state index in [0.717, 1.165) is 16.9 Å². The van der Waals surface area contributed by atoms with Crippen molar-refractivity contribution in [1.29, 1.82) is 0 Å². The molecule has 0 radical (unpaired) electrons. The van der Waals surface area contributed by atoms with Gasteiger partial charge in [-0.15, -0.1) is 0 Å². The minimum atomic E-state index is -1.06. The number of nitrogens with zero attached hydrogens (tertiary/aromatic N) is 2. The van der Waals surface area contributed by atoms with Gasteiger partial charge in [-0.2, -0.15) is 0 Å². The maximum Gasteiger partial charge on any atom is 0.350 e. The second-order valence-electron chi connectivity index (χ2n) is 8.82. The minimum absolute atomic E-state index is 0.0118. The number of ether oxygens (including phenoxy) is 3. The minimum Gasteiger partial charge on any atom is -0.503 e. The number of carbonyl (C=O) groups excluding carboxylic acids is 3. The lowest BCUT2D eigenvalue weighted by molar-refractivity contribution is -0.117. The molecule has 2 aromatic carbocycles. The van der Waals surface area contributed by atoms with Gasteiger partial charge in [0.1, 0.15) is 11.5 Å². The third-order valence-corrected chi connectivity index (χ3v) is 7.23. The van der Waals surface area contributed by atoms with E-state index in [1.807, 2.05) is 44.2 Å². The molecule has 212 valence electrons. The number of aliphatic hydroxyl groups is 1. The van der Waals surface area contributed by atoms with Crippen molar-refractivity contribution in [3.05, 3.63) is 100 Å². The smallest absolute Gasteiger partial charge is 0.350 e. The molecule has 1 amide bonds. The van der Waals surface area contributed by atoms with Gasteiger partial charge >= 0.3 is 5.97 Å². The zero-order valence-corrected chi connectivity index (χ0v) is 23.8. The molecule has 1 unspecified atom stereocenters. The number of esters is 1. The predicted molar refractivity (Wildman–Crippen MR) is 156 cm³/mol. The molecule has 1 aliphatic rings. The molecule has 4 rings (SSSR count). The Hall–Kier alpha value is -4.70. The van der Waals surface area contributed by atoms with Gasteiger partial charge in [-0.3, -0.25) is 14.5 Å². The first-order valence-corrected chi connectivity index (χ1v) is 13.8. The van der Waals surface area contributed by atoms with Gasteiger partial charge in [0.05, 0.1) is 30.5 Å². The fourth-order valence-corrected chi connectivity index (χ4v) is 5.30. The molecule has 1 aliphatic heterocycles. The Labute approximate surface area is 242 Å². The van der Waals surface area contributed by atoms with Crippen LogP contribution in [0.2, 0.25) is 0 Å². The quantitative estimate of drug-likeness (QED) is 0.165. The van der Waals surface area contributed by atoms with E-state index in [1.165, 1.54) is 17.1 Å². The van der Waals surface area contributed by atoms with E-state index in [1.54, 1.807) is 31.2 Å². The molecular formula is C31H30N2O7S. The fraction of sp³-hybridized carbons (Fsp3) is 0.226. The third kappa shape index (κ3) is 6.22. The lowest BCUT2D eigenvalue weighted by atomic mass is 9.95. The number of allylic oxidation sites excluding steroid dienone is 1. The van der Waals surface area contributed by atoms with Crippen molar-refractivity contribution >= 4 is 40.2 Å². The van der Waals surface area contributed by atoms with Crippen molar-refractivity contribution in [3.63, 3.8) is 0 Å². The molecule has 0 aliphatic carbocycles. The molecule has 1 aromatic heterocycles. The normalized spacial score (nSPS) is 15.0. The monoisotopic (exact) mass is 574 g/mol. The summed E-state index contributed by atoms with van der Waals surface area (Å²) in [6, 6.07) is 13.2. The van der Waals surface area contributed by atoms with Crippen LogP contribution in [-0.2, 0) is 14.3 Å². The zero-order valence-electron chi connectivity index (χ0n) is 23.0. The second-order valence-corrected chi connectivity index (χ2v) is 9.80. The van der Waals surface area contributed by atoms with Crippen LogP contribution in [0.4, 0.5) is 5.13 Å². The van der Waals surface area contributed by atoms with Gasteiger partial charge in [-0.25, -0.2) is 9.78 Å². The molecule has 2 heterocycles. The highest BCUT2D eigenvalue weighted by Crippen LogP contribution is 2.45. The van der Waals surface area contributed by atoms with Crippen molar-refractivity contribution in [2.75, 3.05) is 24.7 Å². The number of hydrogen-bond acceptors (Lipinski definition) is 9. The Morgan fingerprint density at radius 1 is 1.10 bits per heavy atom. The van der Waals surface area contributed by atoms with E-state index in [2.05, 4.69) is 11.6 Å². The number of anilines is 1. The zero-order chi connectivity index (χ0) is 29.5. The van der Waals surface area contributed by atoms with E-state index >= 15 is 0 Å². The number of hydrogen-bond donors (Lipinski definition) is 1. The maximum atomic E-state index is 13.6. The Morgan fingerprint density at radius 2 is 1.80 bits per heavy atom. The topological polar surface area (TPSA) is 115 Å². The summed E-state index contributed by atoms with van der Waals surface area (Å²) in [4.78, 5) is 45.6. The molecule has 0 saturated heterocycles. The standard InChI is InChI=1S/C31H30N2O7S/c1-5-17-40-30(37)28-19(4)32-31(41-28)33-26(21-14-16-23(38-6-2)24(18-21)39-7-3)25(27(35)29(33)36)22(34)15-13-20-11-9-8-10-12-20/h5,8-16,18,26,35H,1,6-7,17H2,2-4H3/b15-13+. The summed E-state index contributed by atoms with van der Waals surface area (Å²) in [5.74, 6) is -1.78. The molecule has 0 fully saturated rings. The Balaban J connectivity index is 1.83. The molecule has 1 atom stereocenters. The molecule has 9 nitrogen and oxygen atoms in total. The number of benzene rings is 2. The number of aryl methyl sites for hydroxylation is 1. The van der Waals surface area contributed by atoms with E-state index in [4.69, 9.17) is 14.2 Å². The molecular weight excluding hydrogens is 544 g/mol. The fourth-order valence-electron chi connectivity index (χ4n) is 4.31. The molecule has 0 spiro atoms. The van der Waals surface area contributed by atoms with E-state index in [-0.39, 0.29) is 22.2 Å². The van der Waals surface area contributed by atoms with Crippen molar-refractivity contribution in [2.45, 2.75) is 26.8 Å². The average Bonchev–Trinajstić information content (AvgIpc) is 3.48. The van der Waals surface area contributed by atoms with Crippen molar-refractivity contribution in [1.82, 2.24) is 4.98 Å². The first kappa shape index (κ1) is 29.3. The SMILES string of the molecule is C=CCOC(=O)c1sc(N2C(=O)C(O)=C(C(=O)/C=C/c3ccccc3)C2c2ccc(OCC)c(OCC)c2)nc1C. The largest absolute Gasteiger partial charge is 0.503 e. The van der Waals surface area contributed by atoms with Crippen molar-refractivity contribution in [2.24, 2.45) is 0 Å². The Kier molecular flexibility index (Phi) is 9.36. The van der Waals surface area contributed by atoms with E-state index in [0.29, 0.717) is 36.0 Å². The summed E-state index contributed by atoms with van der Waals surface area (Å²) in [7, 11) is 0. The van der Waals surface area contributed by atoms with Crippen LogP contribution in [0.3, 0.4) is 0 Å². The van der Waals surface area contributed by atoms with Gasteiger partial charge < -0.3 is 19.3 Å². The van der Waals surface area contributed by atoms with Gasteiger partial charge in [-0.1, -0.05) is 66.5 Å². The maximum absolute atomic E-state index is 13.6. The lowest BCUT2D eigenvalue weighted by Crippen LogP contribution is -2.31. The first-order valence-electron chi connectivity index (χ1n) is 13.0. The molecule has 1 N–H and O–H groups in total. The van der Waals surface area contributed by atoms with E-state index in [9.17, 15) is 19.5 Å². The highest BCUT2D eigenvalue weighted by atomic mass is 32.1. The predicted octanol–water partition coefficient (Wildman–Crippen LogP) is 5.77. The van der Waals surface area contributed by atoms with Crippen molar-refractivity contribution < 1.29 is 33.7 Å². The third-order valence-electron chi connectivity index (χ3n) is 6.09. The second kappa shape index (κ2) is 13.1. The van der Waals surface area contributed by atoms with Gasteiger partial charge in [0.15, 0.2) is 28.2 Å². The number of amides is 1. The van der Waals surface area contributed by atoms with Gasteiger partial charge in [0, 0.05) is 0 Å². The molecule has 41 heavy (non-hydrogen) atoms. The number of aromatic nitrogens is 1. The van der Waals surface area contributed by atoms with Crippen LogP contribution in [0.25, 0.3) is 6.08 Å². The summed E-state index contributed by atoms with van der Waals surface area (Å²) >= 11 is 0.931. The molecule has 0 saturated carbocycles. The summed E-state index contributed by atoms with van der Waals surface area (Å²) in [5.41, 5.74) is 1.47. The van der Waals surface area contributed by atoms with Crippen LogP contribution in [0.15, 0.2) is 78.6 Å². The number of carbonyl (C=O) groups is 3. The molecule has 0 bridgehead atoms. The van der Waals surface area contributed by atoms with E-state index < -0.39 is 29.5 Å². The van der Waals surface area contributed by atoms with Crippen LogP contribution < -0.4 is 14.4 Å². The number of ketones is 1. The molecule has 3 aromatic rings. The van der Waals surface area contributed by atoms with Gasteiger partial charge in [0.2, 0.25) is 0 Å².